The first-order valence-electron chi connectivity index (χ1n) is 9.03. The van der Waals surface area contributed by atoms with Crippen molar-refractivity contribution in [3.05, 3.63) is 86.6 Å². The standard InChI is InChI=1S/C22H21BrClN3OS/c1-15-11-18(16(2)27(15)20-9-7-19(23)8-10-20)12-25-26-22(28)14-29-13-17-5-3-4-6-21(17)24/h3-12H,13-14H2,1-2H3,(H,26,28)/b25-12+. The van der Waals surface area contributed by atoms with Gasteiger partial charge in [-0.15, -0.1) is 11.8 Å². The third-order valence-corrected chi connectivity index (χ3v) is 6.28. The molecule has 0 spiro atoms. The Balaban J connectivity index is 1.56. The van der Waals surface area contributed by atoms with Crippen LogP contribution in [0.5, 0.6) is 0 Å². The van der Waals surface area contributed by atoms with Crippen LogP contribution in [0.25, 0.3) is 5.69 Å². The lowest BCUT2D eigenvalue weighted by Gasteiger charge is -2.09. The third kappa shape index (κ3) is 5.75. The van der Waals surface area contributed by atoms with Crippen LogP contribution in [0.2, 0.25) is 5.02 Å². The molecule has 0 unspecified atom stereocenters. The summed E-state index contributed by atoms with van der Waals surface area (Å²) in [5, 5.41) is 4.84. The van der Waals surface area contributed by atoms with Gasteiger partial charge in [-0.25, -0.2) is 5.43 Å². The Morgan fingerprint density at radius 1 is 1.21 bits per heavy atom. The minimum Gasteiger partial charge on any atom is -0.318 e. The molecule has 4 nitrogen and oxygen atoms in total. The van der Waals surface area contributed by atoms with Crippen LogP contribution in [-0.2, 0) is 10.5 Å². The highest BCUT2D eigenvalue weighted by Crippen LogP contribution is 2.22. The number of halogens is 2. The lowest BCUT2D eigenvalue weighted by molar-refractivity contribution is -0.118. The van der Waals surface area contributed by atoms with Gasteiger partial charge in [0.2, 0.25) is 5.91 Å². The number of hydrazone groups is 1. The number of amides is 1. The molecule has 29 heavy (non-hydrogen) atoms. The maximum absolute atomic E-state index is 12.0. The van der Waals surface area contributed by atoms with Gasteiger partial charge in [-0.1, -0.05) is 45.7 Å². The second-order valence-electron chi connectivity index (χ2n) is 6.52. The lowest BCUT2D eigenvalue weighted by Crippen LogP contribution is -2.19. The zero-order valence-electron chi connectivity index (χ0n) is 16.2. The van der Waals surface area contributed by atoms with Gasteiger partial charge in [-0.3, -0.25) is 4.79 Å². The second-order valence-corrected chi connectivity index (χ2v) is 8.82. The summed E-state index contributed by atoms with van der Waals surface area (Å²) in [5.41, 5.74) is 7.84. The van der Waals surface area contributed by atoms with E-state index in [0.717, 1.165) is 37.7 Å². The van der Waals surface area contributed by atoms with Crippen molar-refractivity contribution < 1.29 is 4.79 Å². The van der Waals surface area contributed by atoms with Crippen molar-refractivity contribution in [2.45, 2.75) is 19.6 Å². The Morgan fingerprint density at radius 2 is 1.93 bits per heavy atom. The number of hydrogen-bond acceptors (Lipinski definition) is 3. The Hall–Kier alpha value is -2.02. The van der Waals surface area contributed by atoms with Crippen molar-refractivity contribution in [1.29, 1.82) is 0 Å². The van der Waals surface area contributed by atoms with Crippen molar-refractivity contribution in [3.8, 4) is 5.69 Å². The number of carbonyl (C=O) groups excluding carboxylic acids is 1. The molecule has 3 aromatic rings. The summed E-state index contributed by atoms with van der Waals surface area (Å²) in [6, 6.07) is 17.9. The Kier molecular flexibility index (Phi) is 7.58. The van der Waals surface area contributed by atoms with E-state index < -0.39 is 0 Å². The summed E-state index contributed by atoms with van der Waals surface area (Å²) >= 11 is 11.1. The maximum Gasteiger partial charge on any atom is 0.250 e. The van der Waals surface area contributed by atoms with E-state index in [4.69, 9.17) is 11.6 Å². The van der Waals surface area contributed by atoms with Gasteiger partial charge in [0.1, 0.15) is 0 Å². The number of rotatable bonds is 7. The first-order chi connectivity index (χ1) is 14.0. The van der Waals surface area contributed by atoms with Crippen molar-refractivity contribution in [3.63, 3.8) is 0 Å². The van der Waals surface area contributed by atoms with Crippen molar-refractivity contribution in [2.24, 2.45) is 5.10 Å². The molecule has 2 aromatic carbocycles. The number of aromatic nitrogens is 1. The van der Waals surface area contributed by atoms with E-state index in [1.54, 1.807) is 6.21 Å². The monoisotopic (exact) mass is 489 g/mol. The normalized spacial score (nSPS) is 11.2. The SMILES string of the molecule is Cc1cc(/C=N/NC(=O)CSCc2ccccc2Cl)c(C)n1-c1ccc(Br)cc1. The van der Waals surface area contributed by atoms with Crippen molar-refractivity contribution in [1.82, 2.24) is 9.99 Å². The molecule has 0 fully saturated rings. The van der Waals surface area contributed by atoms with Gasteiger partial charge < -0.3 is 4.57 Å². The molecule has 3 rings (SSSR count). The number of hydrogen-bond donors (Lipinski definition) is 1. The average molecular weight is 491 g/mol. The quantitative estimate of drug-likeness (QED) is 0.331. The number of benzene rings is 2. The highest BCUT2D eigenvalue weighted by Gasteiger charge is 2.09. The predicted octanol–water partition coefficient (Wildman–Crippen LogP) is 5.89. The molecule has 1 N–H and O–H groups in total. The average Bonchev–Trinajstić information content (AvgIpc) is 2.98. The van der Waals surface area contributed by atoms with E-state index in [9.17, 15) is 4.79 Å². The second kappa shape index (κ2) is 10.1. The highest BCUT2D eigenvalue weighted by atomic mass is 79.9. The van der Waals surface area contributed by atoms with E-state index in [1.165, 1.54) is 11.8 Å². The molecule has 0 saturated heterocycles. The molecule has 7 heteroatoms. The fraction of sp³-hybridized carbons (Fsp3) is 0.182. The van der Waals surface area contributed by atoms with E-state index >= 15 is 0 Å². The molecule has 1 aromatic heterocycles. The fourth-order valence-corrected chi connectivity index (χ4v) is 4.35. The molecule has 1 heterocycles. The summed E-state index contributed by atoms with van der Waals surface area (Å²) in [7, 11) is 0. The van der Waals surface area contributed by atoms with Gasteiger partial charge in [-0.05, 0) is 55.8 Å². The Bertz CT molecular complexity index is 1030. The number of thioether (sulfide) groups is 1. The number of nitrogens with one attached hydrogen (secondary N) is 1. The predicted molar refractivity (Wildman–Crippen MR) is 126 cm³/mol. The Morgan fingerprint density at radius 3 is 2.66 bits per heavy atom. The topological polar surface area (TPSA) is 46.4 Å². The van der Waals surface area contributed by atoms with Crippen LogP contribution in [-0.4, -0.2) is 22.4 Å². The minimum absolute atomic E-state index is 0.139. The first-order valence-corrected chi connectivity index (χ1v) is 11.4. The molecular formula is C22H21BrClN3OS. The van der Waals surface area contributed by atoms with Gasteiger partial charge in [0.15, 0.2) is 0 Å². The van der Waals surface area contributed by atoms with E-state index in [0.29, 0.717) is 11.5 Å². The summed E-state index contributed by atoms with van der Waals surface area (Å²) in [6.07, 6.45) is 1.69. The summed E-state index contributed by atoms with van der Waals surface area (Å²) in [6.45, 7) is 4.09. The third-order valence-electron chi connectivity index (χ3n) is 4.40. The van der Waals surface area contributed by atoms with Crippen molar-refractivity contribution in [2.75, 3.05) is 5.75 Å². The smallest absolute Gasteiger partial charge is 0.250 e. The molecule has 0 aliphatic rings. The minimum atomic E-state index is -0.139. The number of nitrogens with zero attached hydrogens (tertiary/aromatic N) is 2. The van der Waals surface area contributed by atoms with Gasteiger partial charge in [0.25, 0.3) is 0 Å². The van der Waals surface area contributed by atoms with Crippen LogP contribution in [0.4, 0.5) is 0 Å². The molecule has 0 saturated carbocycles. The highest BCUT2D eigenvalue weighted by molar-refractivity contribution is 9.10. The van der Waals surface area contributed by atoms with Gasteiger partial charge in [-0.2, -0.15) is 5.10 Å². The van der Waals surface area contributed by atoms with Crippen LogP contribution < -0.4 is 5.43 Å². The summed E-state index contributed by atoms with van der Waals surface area (Å²) < 4.78 is 3.20. The molecular weight excluding hydrogens is 470 g/mol. The van der Waals surface area contributed by atoms with E-state index in [1.807, 2.05) is 43.3 Å². The lowest BCUT2D eigenvalue weighted by atomic mass is 10.2. The molecule has 0 aliphatic heterocycles. The van der Waals surface area contributed by atoms with E-state index in [2.05, 4.69) is 56.1 Å². The van der Waals surface area contributed by atoms with Gasteiger partial charge in [0, 0.05) is 37.9 Å². The molecule has 0 atom stereocenters. The number of aryl methyl sites for hydroxylation is 1. The Labute approximate surface area is 188 Å². The van der Waals surface area contributed by atoms with Gasteiger partial charge >= 0.3 is 0 Å². The maximum atomic E-state index is 12.0. The van der Waals surface area contributed by atoms with Gasteiger partial charge in [0.05, 0.1) is 12.0 Å². The molecule has 150 valence electrons. The summed E-state index contributed by atoms with van der Waals surface area (Å²) in [5.74, 6) is 0.867. The zero-order chi connectivity index (χ0) is 20.8. The van der Waals surface area contributed by atoms with Crippen LogP contribution >= 0.6 is 39.3 Å². The number of carbonyl (C=O) groups is 1. The van der Waals surface area contributed by atoms with Crippen LogP contribution in [0.1, 0.15) is 22.5 Å². The molecule has 0 aliphatic carbocycles. The van der Waals surface area contributed by atoms with Crippen LogP contribution in [0, 0.1) is 13.8 Å². The molecule has 1 amide bonds. The molecule has 0 bridgehead atoms. The molecule has 0 radical (unpaired) electrons. The van der Waals surface area contributed by atoms with Crippen LogP contribution in [0.3, 0.4) is 0 Å². The van der Waals surface area contributed by atoms with Crippen molar-refractivity contribution >= 4 is 51.4 Å². The van der Waals surface area contributed by atoms with E-state index in [-0.39, 0.29) is 5.91 Å². The largest absolute Gasteiger partial charge is 0.318 e. The summed E-state index contributed by atoms with van der Waals surface area (Å²) in [4.78, 5) is 12.0. The fourth-order valence-electron chi connectivity index (χ4n) is 2.98. The first kappa shape index (κ1) is 21.7. The van der Waals surface area contributed by atoms with Crippen LogP contribution in [0.15, 0.2) is 64.2 Å². The zero-order valence-corrected chi connectivity index (χ0v) is 19.3.